The molecule has 3 heteroatoms. The van der Waals surface area contributed by atoms with Crippen LogP contribution in [0.15, 0.2) is 30.3 Å². The van der Waals surface area contributed by atoms with Crippen LogP contribution in [-0.2, 0) is 17.1 Å². The van der Waals surface area contributed by atoms with Crippen LogP contribution in [-0.4, -0.2) is 10.6 Å². The minimum absolute atomic E-state index is 0.0492. The lowest BCUT2D eigenvalue weighted by Crippen LogP contribution is -2.36. The van der Waals surface area contributed by atoms with Crippen LogP contribution in [0, 0.1) is 13.8 Å². The number of unbranched alkanes of at least 4 members (excludes halogenated alkanes) is 1. The number of aryl methyl sites for hydroxylation is 2. The van der Waals surface area contributed by atoms with E-state index in [4.69, 9.17) is 0 Å². The fraction of sp³-hybridized carbons (Fsp3) is 0.586. The van der Waals surface area contributed by atoms with Gasteiger partial charge in [0.25, 0.3) is 0 Å². The van der Waals surface area contributed by atoms with Crippen molar-refractivity contribution < 1.29 is 5.11 Å². The van der Waals surface area contributed by atoms with E-state index in [9.17, 15) is 5.11 Å². The zero-order valence-electron chi connectivity index (χ0n) is 22.2. The second kappa shape index (κ2) is 10.3. The average molecular weight is 456 g/mol. The summed E-state index contributed by atoms with van der Waals surface area (Å²) in [6.45, 7) is 23.1. The maximum Gasteiger partial charge on any atom is 0.122 e. The third-order valence-electron chi connectivity index (χ3n) is 6.27. The minimum Gasteiger partial charge on any atom is -0.507 e. The van der Waals surface area contributed by atoms with Gasteiger partial charge in [0.15, 0.2) is 0 Å². The van der Waals surface area contributed by atoms with E-state index in [0.717, 1.165) is 36.9 Å². The van der Waals surface area contributed by atoms with Gasteiger partial charge >= 0.3 is 0 Å². The summed E-state index contributed by atoms with van der Waals surface area (Å²) < 4.78 is 0. The molecule has 0 spiro atoms. The van der Waals surface area contributed by atoms with Gasteiger partial charge < -0.3 is 10.4 Å². The Bertz CT molecular complexity index is 920. The molecule has 2 nitrogen and oxygen atoms in total. The second-order valence-corrected chi connectivity index (χ2v) is 13.7. The first-order chi connectivity index (χ1) is 14.7. The molecule has 0 fully saturated rings. The highest BCUT2D eigenvalue weighted by atomic mass is 31.1. The Kier molecular flexibility index (Phi) is 8.63. The smallest absolute Gasteiger partial charge is 0.122 e. The van der Waals surface area contributed by atoms with Gasteiger partial charge in [-0.3, -0.25) is 0 Å². The predicted molar refractivity (Wildman–Crippen MR) is 144 cm³/mol. The first kappa shape index (κ1) is 26.9. The summed E-state index contributed by atoms with van der Waals surface area (Å²) in [5.41, 5.74) is 6.20. The molecule has 2 aromatic rings. The van der Waals surface area contributed by atoms with Crippen molar-refractivity contribution >= 4 is 13.9 Å². The summed E-state index contributed by atoms with van der Waals surface area (Å²) >= 11 is 0. The van der Waals surface area contributed by atoms with E-state index in [1.54, 1.807) is 0 Å². The van der Waals surface area contributed by atoms with Crippen molar-refractivity contribution in [3.05, 3.63) is 58.1 Å². The molecule has 2 atom stereocenters. The number of aromatic hydroxyl groups is 1. The van der Waals surface area contributed by atoms with Crippen LogP contribution < -0.4 is 10.6 Å². The predicted octanol–water partition coefficient (Wildman–Crippen LogP) is 7.60. The van der Waals surface area contributed by atoms with Crippen LogP contribution in [0.2, 0.25) is 0 Å². The Morgan fingerprint density at radius 2 is 1.59 bits per heavy atom. The number of nitrogens with one attached hydrogen (secondary N) is 1. The number of phenolic OH excluding ortho intramolecular Hbond substituents is 1. The number of phenols is 1. The van der Waals surface area contributed by atoms with E-state index in [1.807, 2.05) is 6.92 Å². The van der Waals surface area contributed by atoms with E-state index in [-0.39, 0.29) is 16.1 Å². The molecule has 32 heavy (non-hydrogen) atoms. The first-order valence-corrected chi connectivity index (χ1v) is 13.1. The molecule has 0 heterocycles. The molecule has 0 aliphatic heterocycles. The maximum absolute atomic E-state index is 11.2. The van der Waals surface area contributed by atoms with Crippen LogP contribution in [0.4, 0.5) is 0 Å². The van der Waals surface area contributed by atoms with Gasteiger partial charge in [0.05, 0.1) is 0 Å². The summed E-state index contributed by atoms with van der Waals surface area (Å²) in [6, 6.07) is 11.3. The van der Waals surface area contributed by atoms with Crippen LogP contribution in [0.5, 0.6) is 5.75 Å². The summed E-state index contributed by atoms with van der Waals surface area (Å²) in [5, 5.41) is 16.2. The van der Waals surface area contributed by atoms with Crippen molar-refractivity contribution in [3.8, 4) is 5.75 Å². The fourth-order valence-electron chi connectivity index (χ4n) is 4.08. The molecule has 0 amide bonds. The molecule has 0 bridgehead atoms. The normalized spacial score (nSPS) is 14.8. The molecule has 0 aliphatic carbocycles. The molecule has 2 rings (SSSR count). The van der Waals surface area contributed by atoms with Crippen molar-refractivity contribution in [3.63, 3.8) is 0 Å². The van der Waals surface area contributed by atoms with Gasteiger partial charge in [0.2, 0.25) is 0 Å². The van der Waals surface area contributed by atoms with E-state index < -0.39 is 0 Å². The molecule has 2 unspecified atom stereocenters. The van der Waals surface area contributed by atoms with Gasteiger partial charge in [-0.1, -0.05) is 91.9 Å². The summed E-state index contributed by atoms with van der Waals surface area (Å²) in [6.07, 6.45) is 3.39. The van der Waals surface area contributed by atoms with Crippen molar-refractivity contribution in [2.45, 2.75) is 111 Å². The third-order valence-corrected chi connectivity index (χ3v) is 8.10. The SMILES string of the molecule is CCCCC(C)(Pc1ccc(C)cc1CNC(C)(C)C)c1cc(C(C)(C)C)cc(C)c1O. The molecular formula is C29H46NOP. The van der Waals surface area contributed by atoms with Crippen LogP contribution >= 0.6 is 8.58 Å². The lowest BCUT2D eigenvalue weighted by atomic mass is 9.82. The van der Waals surface area contributed by atoms with E-state index in [0.29, 0.717) is 14.3 Å². The lowest BCUT2D eigenvalue weighted by Gasteiger charge is -2.34. The largest absolute Gasteiger partial charge is 0.507 e. The molecule has 2 aromatic carbocycles. The Morgan fingerprint density at radius 3 is 2.16 bits per heavy atom. The zero-order valence-corrected chi connectivity index (χ0v) is 23.2. The van der Waals surface area contributed by atoms with E-state index in [1.165, 1.54) is 22.0 Å². The van der Waals surface area contributed by atoms with Gasteiger partial charge in [-0.15, -0.1) is 0 Å². The summed E-state index contributed by atoms with van der Waals surface area (Å²) in [7, 11) is 0.597. The number of rotatable bonds is 8. The highest BCUT2D eigenvalue weighted by molar-refractivity contribution is 7.48. The molecule has 0 radical (unpaired) electrons. The number of hydrogen-bond acceptors (Lipinski definition) is 2. The molecule has 0 aliphatic rings. The number of hydrogen-bond donors (Lipinski definition) is 2. The van der Waals surface area contributed by atoms with Gasteiger partial charge in [0, 0.05) is 22.8 Å². The molecular weight excluding hydrogens is 409 g/mol. The summed E-state index contributed by atoms with van der Waals surface area (Å²) in [5.74, 6) is 0.477. The summed E-state index contributed by atoms with van der Waals surface area (Å²) in [4.78, 5) is 0. The monoisotopic (exact) mass is 455 g/mol. The second-order valence-electron chi connectivity index (χ2n) is 11.8. The Labute approximate surface area is 199 Å². The van der Waals surface area contributed by atoms with Gasteiger partial charge in [-0.25, -0.2) is 0 Å². The highest BCUT2D eigenvalue weighted by Crippen LogP contribution is 2.50. The van der Waals surface area contributed by atoms with E-state index in [2.05, 4.69) is 98.0 Å². The van der Waals surface area contributed by atoms with Crippen molar-refractivity contribution in [1.29, 1.82) is 0 Å². The molecule has 0 aromatic heterocycles. The minimum atomic E-state index is -0.0994. The Balaban J connectivity index is 2.57. The quantitative estimate of drug-likeness (QED) is 0.402. The van der Waals surface area contributed by atoms with Gasteiger partial charge in [-0.2, -0.15) is 0 Å². The van der Waals surface area contributed by atoms with Crippen molar-refractivity contribution in [2.75, 3.05) is 0 Å². The highest BCUT2D eigenvalue weighted by Gasteiger charge is 2.32. The maximum atomic E-state index is 11.2. The lowest BCUT2D eigenvalue weighted by molar-refractivity contribution is 0.425. The number of benzene rings is 2. The standard InChI is InChI=1S/C29H46NOP/c1-11-12-15-29(10,24-18-23(27(4,5)6)17-21(3)26(24)31)32-25-14-13-20(2)16-22(25)19-30-28(7,8)9/h13-14,16-18,30-32H,11-12,15,19H2,1-10H3. The van der Waals surface area contributed by atoms with Gasteiger partial charge in [0.1, 0.15) is 5.75 Å². The fourth-order valence-corrected chi connectivity index (χ4v) is 5.79. The van der Waals surface area contributed by atoms with E-state index >= 15 is 0 Å². The topological polar surface area (TPSA) is 32.3 Å². The first-order valence-electron chi connectivity index (χ1n) is 12.1. The molecule has 0 saturated carbocycles. The van der Waals surface area contributed by atoms with Crippen molar-refractivity contribution in [1.82, 2.24) is 5.32 Å². The Hall–Kier alpha value is -1.37. The van der Waals surface area contributed by atoms with Crippen LogP contribution in [0.1, 0.15) is 102 Å². The van der Waals surface area contributed by atoms with Crippen LogP contribution in [0.3, 0.4) is 0 Å². The molecule has 0 saturated heterocycles. The van der Waals surface area contributed by atoms with Gasteiger partial charge in [-0.05, 0) is 68.4 Å². The molecule has 178 valence electrons. The zero-order chi connectivity index (χ0) is 24.3. The van der Waals surface area contributed by atoms with Crippen LogP contribution in [0.25, 0.3) is 0 Å². The average Bonchev–Trinajstić information content (AvgIpc) is 2.67. The Morgan fingerprint density at radius 1 is 0.938 bits per heavy atom. The van der Waals surface area contributed by atoms with Crippen molar-refractivity contribution in [2.24, 2.45) is 0 Å². The third kappa shape index (κ3) is 7.06. The molecule has 2 N–H and O–H groups in total.